The van der Waals surface area contributed by atoms with Gasteiger partial charge in [-0.2, -0.15) is 0 Å². The van der Waals surface area contributed by atoms with E-state index >= 15 is 0 Å². The molecule has 0 amide bonds. The number of halogens is 2. The predicted octanol–water partition coefficient (Wildman–Crippen LogP) is 12.6. The van der Waals surface area contributed by atoms with Gasteiger partial charge >= 0.3 is 0 Å². The number of hydrogen-bond acceptors (Lipinski definition) is 0. The molecule has 2 aromatic carbocycles. The maximum absolute atomic E-state index is 4.34. The Hall–Kier alpha value is 0. The van der Waals surface area contributed by atoms with Crippen molar-refractivity contribution in [1.82, 2.24) is 0 Å². The smallest absolute Gasteiger partial charge is 0.0561 e. The molecule has 0 aromatic heterocycles. The molecule has 0 fully saturated rings. The average Bonchev–Trinajstić information content (AvgIpc) is 2.73. The molecule has 0 aliphatic rings. The van der Waals surface area contributed by atoms with Gasteiger partial charge in [0.05, 0.1) is 3.94 Å². The SMILES string of the molecule is CC(C)(C)c1cc(C(C)(C)C)c(P=C(Br)P(Br)c2c(C(C)(C)C)cc(C(C)(C)C)cc2C(C)(C)C)c(C(C)(C)C)c1. The van der Waals surface area contributed by atoms with Crippen LogP contribution in [-0.4, -0.2) is 3.94 Å². The van der Waals surface area contributed by atoms with E-state index in [0.29, 0.717) is 0 Å². The fraction of sp³-hybridized carbons (Fsp3) is 0.649. The molecule has 1 atom stereocenters. The monoisotopic (exact) mass is 722 g/mol. The zero-order chi connectivity index (χ0) is 32.3. The van der Waals surface area contributed by atoms with Crippen LogP contribution in [0.1, 0.15) is 158 Å². The fourth-order valence-corrected chi connectivity index (χ4v) is 11.5. The van der Waals surface area contributed by atoms with Crippen molar-refractivity contribution in [2.24, 2.45) is 0 Å². The van der Waals surface area contributed by atoms with E-state index in [4.69, 9.17) is 0 Å². The maximum Gasteiger partial charge on any atom is 0.0615 e. The van der Waals surface area contributed by atoms with E-state index in [1.165, 1.54) is 56.1 Å². The van der Waals surface area contributed by atoms with Gasteiger partial charge < -0.3 is 0 Å². The Bertz CT molecular complexity index is 1220. The van der Waals surface area contributed by atoms with Crippen molar-refractivity contribution in [2.75, 3.05) is 0 Å². The summed E-state index contributed by atoms with van der Waals surface area (Å²) in [5.74, 6) is 0. The number of rotatable bonds is 3. The summed E-state index contributed by atoms with van der Waals surface area (Å²) in [5.41, 5.74) is 8.98. The van der Waals surface area contributed by atoms with Crippen LogP contribution in [0.15, 0.2) is 24.3 Å². The first-order valence-corrected chi connectivity index (χ1v) is 20.1. The van der Waals surface area contributed by atoms with Gasteiger partial charge in [-0.05, 0) is 103 Å². The molecule has 0 N–H and O–H groups in total. The lowest BCUT2D eigenvalue weighted by Gasteiger charge is -2.35. The van der Waals surface area contributed by atoms with Crippen LogP contribution in [0, 0.1) is 0 Å². The Balaban J connectivity index is 3.04. The Morgan fingerprint density at radius 2 is 0.756 bits per heavy atom. The van der Waals surface area contributed by atoms with Gasteiger partial charge in [-0.1, -0.05) is 157 Å². The Labute approximate surface area is 274 Å². The topological polar surface area (TPSA) is 0 Å². The molecule has 4 heteroatoms. The highest BCUT2D eigenvalue weighted by atomic mass is 79.9. The minimum atomic E-state index is -0.772. The molecule has 0 aliphatic heterocycles. The van der Waals surface area contributed by atoms with Gasteiger partial charge in [0.1, 0.15) is 0 Å². The zero-order valence-electron chi connectivity index (χ0n) is 29.5. The van der Waals surface area contributed by atoms with Crippen LogP contribution in [0.3, 0.4) is 0 Å². The van der Waals surface area contributed by atoms with Crippen LogP contribution in [0.5, 0.6) is 0 Å². The summed E-state index contributed by atoms with van der Waals surface area (Å²) in [4.78, 5) is 0. The van der Waals surface area contributed by atoms with E-state index in [1.54, 1.807) is 0 Å². The van der Waals surface area contributed by atoms with Crippen molar-refractivity contribution in [1.29, 1.82) is 0 Å². The van der Waals surface area contributed by atoms with Gasteiger partial charge in [0.25, 0.3) is 0 Å². The summed E-state index contributed by atoms with van der Waals surface area (Å²) < 4.78 is 1.33. The fourth-order valence-electron chi connectivity index (χ4n) is 4.98. The van der Waals surface area contributed by atoms with Crippen LogP contribution in [0.4, 0.5) is 0 Å². The van der Waals surface area contributed by atoms with Gasteiger partial charge in [-0.3, -0.25) is 0 Å². The Morgan fingerprint density at radius 3 is 1.00 bits per heavy atom. The molecule has 0 radical (unpaired) electrons. The lowest BCUT2D eigenvalue weighted by Crippen LogP contribution is -2.32. The minimum Gasteiger partial charge on any atom is -0.0561 e. The summed E-state index contributed by atoms with van der Waals surface area (Å²) in [7, 11) is 1.25. The number of benzene rings is 2. The highest BCUT2D eigenvalue weighted by Crippen LogP contribution is 2.54. The van der Waals surface area contributed by atoms with E-state index in [2.05, 4.69) is 180 Å². The minimum absolute atomic E-state index is 0.0244. The molecule has 0 aliphatic carbocycles. The van der Waals surface area contributed by atoms with Crippen LogP contribution in [0.25, 0.3) is 0 Å². The summed E-state index contributed by atoms with van der Waals surface area (Å²) in [6, 6.07) is 9.98. The third kappa shape index (κ3) is 9.03. The maximum atomic E-state index is 4.34. The molecule has 0 bridgehead atoms. The van der Waals surface area contributed by atoms with Crippen molar-refractivity contribution in [3.05, 3.63) is 57.6 Å². The van der Waals surface area contributed by atoms with E-state index in [0.717, 1.165) is 0 Å². The third-order valence-corrected chi connectivity index (χ3v) is 16.7. The van der Waals surface area contributed by atoms with Gasteiger partial charge in [-0.25, -0.2) is 0 Å². The van der Waals surface area contributed by atoms with E-state index in [1.807, 2.05) is 0 Å². The van der Waals surface area contributed by atoms with E-state index in [-0.39, 0.29) is 32.5 Å². The summed E-state index contributed by atoms with van der Waals surface area (Å²) in [6.07, 6.45) is 0. The molecule has 2 rings (SSSR count). The molecular weight excluding hydrogens is 666 g/mol. The normalized spacial score (nSPS) is 15.4. The first-order valence-electron chi connectivity index (χ1n) is 15.1. The number of hydrogen-bond donors (Lipinski definition) is 0. The molecule has 0 heterocycles. The lowest BCUT2D eigenvalue weighted by molar-refractivity contribution is 0.553. The van der Waals surface area contributed by atoms with Gasteiger partial charge in [-0.15, -0.1) is 0 Å². The average molecular weight is 725 g/mol. The molecule has 0 nitrogen and oxygen atoms in total. The molecule has 1 unspecified atom stereocenters. The molecule has 41 heavy (non-hydrogen) atoms. The Morgan fingerprint density at radius 1 is 0.488 bits per heavy atom. The van der Waals surface area contributed by atoms with E-state index in [9.17, 15) is 0 Å². The van der Waals surface area contributed by atoms with Crippen LogP contribution >= 0.6 is 46.2 Å². The largest absolute Gasteiger partial charge is 0.0615 e. The highest BCUT2D eigenvalue weighted by Gasteiger charge is 2.34. The third-order valence-electron chi connectivity index (χ3n) is 7.75. The highest BCUT2D eigenvalue weighted by molar-refractivity contribution is 9.45. The van der Waals surface area contributed by atoms with Crippen LogP contribution < -0.4 is 10.6 Å². The predicted molar refractivity (Wildman–Crippen MR) is 201 cm³/mol. The van der Waals surface area contributed by atoms with Crippen molar-refractivity contribution < 1.29 is 0 Å². The lowest BCUT2D eigenvalue weighted by atomic mass is 9.75. The molecule has 230 valence electrons. The van der Waals surface area contributed by atoms with Gasteiger partial charge in [0.2, 0.25) is 0 Å². The van der Waals surface area contributed by atoms with Crippen LogP contribution in [-0.2, 0) is 32.5 Å². The first kappa shape index (κ1) is 37.2. The van der Waals surface area contributed by atoms with Crippen LogP contribution in [0.2, 0.25) is 0 Å². The van der Waals surface area contributed by atoms with Crippen molar-refractivity contribution in [3.63, 3.8) is 0 Å². The molecule has 0 saturated carbocycles. The summed E-state index contributed by atoms with van der Waals surface area (Å²) >= 11 is 8.56. The van der Waals surface area contributed by atoms with E-state index < -0.39 is 6.62 Å². The van der Waals surface area contributed by atoms with Gasteiger partial charge in [0.15, 0.2) is 0 Å². The second kappa shape index (κ2) is 12.1. The summed E-state index contributed by atoms with van der Waals surface area (Å²) in [6.45, 7) is 41.6. The molecule has 0 saturated heterocycles. The Kier molecular flexibility index (Phi) is 10.9. The summed E-state index contributed by atoms with van der Waals surface area (Å²) in [5, 5.41) is 2.94. The first-order chi connectivity index (χ1) is 18.0. The second-order valence-electron chi connectivity index (χ2n) is 18.0. The van der Waals surface area contributed by atoms with Gasteiger partial charge in [0, 0.05) is 11.9 Å². The van der Waals surface area contributed by atoms with Crippen molar-refractivity contribution in [2.45, 2.75) is 157 Å². The van der Waals surface area contributed by atoms with Crippen molar-refractivity contribution in [3.8, 4) is 0 Å². The second-order valence-corrected chi connectivity index (χ2v) is 25.1. The molecule has 2 aromatic rings. The zero-order valence-corrected chi connectivity index (χ0v) is 34.4. The standard InChI is InChI=1S/C37H58Br2P2/c1-32(2,3)23-19-25(34(7,8)9)29(26(20-23)35(10,11)12)40-31(38)41(39)30-27(36(13,14)15)21-24(33(4,5)6)22-28(30)37(16,17)18/h19-22H,1-18H3. The molecule has 0 spiro atoms. The molecular formula is C37H58Br2P2. The quantitative estimate of drug-likeness (QED) is 0.277. The van der Waals surface area contributed by atoms with Crippen molar-refractivity contribution >= 4 is 60.8 Å².